The summed E-state index contributed by atoms with van der Waals surface area (Å²) in [5.41, 5.74) is 2.35. The number of aromatic nitrogens is 1. The van der Waals surface area contributed by atoms with Gasteiger partial charge in [-0.1, -0.05) is 36.4 Å². The van der Waals surface area contributed by atoms with Crippen molar-refractivity contribution in [3.63, 3.8) is 0 Å². The van der Waals surface area contributed by atoms with Crippen LogP contribution in [0.1, 0.15) is 18.1 Å². The van der Waals surface area contributed by atoms with E-state index in [9.17, 15) is 14.9 Å². The standard InChI is InChI=1S/C22H16N6O3S/c1-13-25-27-20(23)17(21(29)24-22(27)32-13)10-15-12-26(19-9-5-3-7-16(15)19)11-14-6-2-4-8-18(14)28(30)31/h2-10,12,23H,11H2,1H3/b17-10-,23-20?. The highest BCUT2D eigenvalue weighted by Crippen LogP contribution is 2.30. The minimum absolute atomic E-state index is 0.0279. The molecule has 0 saturated carbocycles. The van der Waals surface area contributed by atoms with Crippen molar-refractivity contribution in [2.24, 2.45) is 10.1 Å². The number of amides is 1. The van der Waals surface area contributed by atoms with E-state index in [-0.39, 0.29) is 17.1 Å². The van der Waals surface area contributed by atoms with Crippen LogP contribution in [0.2, 0.25) is 0 Å². The van der Waals surface area contributed by atoms with Gasteiger partial charge in [0.2, 0.25) is 5.17 Å². The Morgan fingerprint density at radius 1 is 1.19 bits per heavy atom. The highest BCUT2D eigenvalue weighted by molar-refractivity contribution is 8.26. The minimum atomic E-state index is -0.492. The summed E-state index contributed by atoms with van der Waals surface area (Å²) in [6, 6.07) is 14.2. The molecular weight excluding hydrogens is 428 g/mol. The van der Waals surface area contributed by atoms with E-state index < -0.39 is 10.8 Å². The maximum atomic E-state index is 12.6. The number of carbonyl (C=O) groups excluding carboxylic acids is 1. The lowest BCUT2D eigenvalue weighted by Gasteiger charge is -2.20. The smallest absolute Gasteiger partial charge is 0.283 e. The molecule has 0 fully saturated rings. The quantitative estimate of drug-likeness (QED) is 0.367. The summed E-state index contributed by atoms with van der Waals surface area (Å²) in [6.07, 6.45) is 3.47. The van der Waals surface area contributed by atoms with Gasteiger partial charge in [-0.25, -0.2) is 0 Å². The summed E-state index contributed by atoms with van der Waals surface area (Å²) in [5, 5.41) is 27.5. The number of aliphatic imine (C=N–C) groups is 1. The molecule has 1 amide bonds. The zero-order valence-corrected chi connectivity index (χ0v) is 17.7. The first-order chi connectivity index (χ1) is 15.4. The Hall–Kier alpha value is -4.05. The largest absolute Gasteiger partial charge is 0.342 e. The van der Waals surface area contributed by atoms with Crippen LogP contribution in [-0.4, -0.2) is 36.5 Å². The van der Waals surface area contributed by atoms with Crippen LogP contribution >= 0.6 is 11.8 Å². The lowest BCUT2D eigenvalue weighted by Crippen LogP contribution is -2.35. The van der Waals surface area contributed by atoms with Crippen LogP contribution in [0.3, 0.4) is 0 Å². The zero-order chi connectivity index (χ0) is 22.4. The van der Waals surface area contributed by atoms with E-state index >= 15 is 0 Å². The molecule has 2 aromatic carbocycles. The maximum Gasteiger partial charge on any atom is 0.283 e. The fourth-order valence-corrected chi connectivity index (χ4v) is 4.50. The molecule has 0 atom stereocenters. The second kappa shape index (κ2) is 7.57. The predicted octanol–water partition coefficient (Wildman–Crippen LogP) is 4.24. The molecule has 10 heteroatoms. The summed E-state index contributed by atoms with van der Waals surface area (Å²) in [7, 11) is 0. The molecule has 9 nitrogen and oxygen atoms in total. The Morgan fingerprint density at radius 3 is 2.75 bits per heavy atom. The second-order valence-corrected chi connectivity index (χ2v) is 8.41. The van der Waals surface area contributed by atoms with E-state index in [1.807, 2.05) is 35.0 Å². The summed E-state index contributed by atoms with van der Waals surface area (Å²) < 4.78 is 1.91. The number of thioether (sulfide) groups is 1. The third-order valence-electron chi connectivity index (χ3n) is 5.20. The second-order valence-electron chi connectivity index (χ2n) is 7.25. The van der Waals surface area contributed by atoms with Gasteiger partial charge < -0.3 is 4.57 Å². The molecule has 0 unspecified atom stereocenters. The zero-order valence-electron chi connectivity index (χ0n) is 16.8. The van der Waals surface area contributed by atoms with Crippen LogP contribution < -0.4 is 0 Å². The van der Waals surface area contributed by atoms with Gasteiger partial charge >= 0.3 is 0 Å². The van der Waals surface area contributed by atoms with Gasteiger partial charge in [0.15, 0.2) is 5.84 Å². The molecule has 3 aromatic rings. The van der Waals surface area contributed by atoms with Gasteiger partial charge in [-0.3, -0.25) is 20.3 Å². The van der Waals surface area contributed by atoms with E-state index in [0.717, 1.165) is 16.5 Å². The van der Waals surface area contributed by atoms with E-state index in [1.165, 1.54) is 22.8 Å². The maximum absolute atomic E-state index is 12.6. The molecule has 0 aliphatic carbocycles. The van der Waals surface area contributed by atoms with Gasteiger partial charge in [-0.05, 0) is 30.8 Å². The molecule has 3 heterocycles. The lowest BCUT2D eigenvalue weighted by atomic mass is 10.1. The van der Waals surface area contributed by atoms with E-state index in [1.54, 1.807) is 31.2 Å². The third kappa shape index (κ3) is 3.30. The Labute approximate surface area is 186 Å². The van der Waals surface area contributed by atoms with E-state index in [2.05, 4.69) is 10.1 Å². The number of nitro groups is 1. The van der Waals surface area contributed by atoms with Gasteiger partial charge in [-0.2, -0.15) is 15.1 Å². The van der Waals surface area contributed by atoms with Gasteiger partial charge in [0.05, 0.1) is 22.1 Å². The molecule has 32 heavy (non-hydrogen) atoms. The van der Waals surface area contributed by atoms with Crippen molar-refractivity contribution >= 4 is 56.4 Å². The Balaban J connectivity index is 1.59. The normalized spacial score (nSPS) is 17.0. The molecule has 158 valence electrons. The SMILES string of the molecule is CC1=NN2C(=N)/C(=C/c3cn(Cc4ccccc4[N+](=O)[O-])c4ccccc34)C(=O)N=C2S1. The molecule has 1 N–H and O–H groups in total. The van der Waals surface area contributed by atoms with Crippen molar-refractivity contribution in [2.45, 2.75) is 13.5 Å². The molecule has 0 bridgehead atoms. The molecule has 0 saturated heterocycles. The van der Waals surface area contributed by atoms with Gasteiger partial charge in [0.1, 0.15) is 0 Å². The molecule has 0 spiro atoms. The number of amidine groups is 2. The van der Waals surface area contributed by atoms with Crippen molar-refractivity contribution in [1.29, 1.82) is 5.41 Å². The molecule has 5 rings (SSSR count). The Morgan fingerprint density at radius 2 is 1.94 bits per heavy atom. The van der Waals surface area contributed by atoms with E-state index in [4.69, 9.17) is 5.41 Å². The number of fused-ring (bicyclic) bond motifs is 2. The van der Waals surface area contributed by atoms with Crippen molar-refractivity contribution in [1.82, 2.24) is 9.58 Å². The number of nitro benzene ring substituents is 1. The fourth-order valence-electron chi connectivity index (χ4n) is 3.77. The lowest BCUT2D eigenvalue weighted by molar-refractivity contribution is -0.385. The molecule has 2 aliphatic rings. The van der Waals surface area contributed by atoms with Crippen LogP contribution in [0.15, 0.2) is 70.4 Å². The highest BCUT2D eigenvalue weighted by Gasteiger charge is 2.34. The van der Waals surface area contributed by atoms with Crippen LogP contribution in [0.25, 0.3) is 17.0 Å². The monoisotopic (exact) mass is 444 g/mol. The summed E-state index contributed by atoms with van der Waals surface area (Å²) in [4.78, 5) is 27.7. The summed E-state index contributed by atoms with van der Waals surface area (Å²) in [5.74, 6) is -0.519. The summed E-state index contributed by atoms with van der Waals surface area (Å²) >= 11 is 1.25. The first kappa shape index (κ1) is 19.9. The Kier molecular flexibility index (Phi) is 4.71. The number of carbonyl (C=O) groups is 1. The number of nitrogens with zero attached hydrogens (tertiary/aromatic N) is 5. The number of rotatable bonds is 4. The highest BCUT2D eigenvalue weighted by atomic mass is 32.2. The van der Waals surface area contributed by atoms with Crippen molar-refractivity contribution in [2.75, 3.05) is 0 Å². The van der Waals surface area contributed by atoms with Gasteiger partial charge in [-0.15, -0.1) is 0 Å². The number of nitrogens with one attached hydrogen (secondary N) is 1. The van der Waals surface area contributed by atoms with E-state index in [0.29, 0.717) is 22.3 Å². The van der Waals surface area contributed by atoms with Crippen LogP contribution in [0.5, 0.6) is 0 Å². The van der Waals surface area contributed by atoms with Gasteiger partial charge in [0.25, 0.3) is 11.6 Å². The average Bonchev–Trinajstić information content (AvgIpc) is 3.31. The predicted molar refractivity (Wildman–Crippen MR) is 125 cm³/mol. The first-order valence-corrected chi connectivity index (χ1v) is 10.5. The van der Waals surface area contributed by atoms with Crippen molar-refractivity contribution in [3.8, 4) is 0 Å². The average molecular weight is 444 g/mol. The Bertz CT molecular complexity index is 1420. The topological polar surface area (TPSA) is 117 Å². The third-order valence-corrected chi connectivity index (χ3v) is 6.03. The number of hydrogen-bond acceptors (Lipinski definition) is 6. The number of hydrogen-bond donors (Lipinski definition) is 1. The van der Waals surface area contributed by atoms with Crippen molar-refractivity contribution in [3.05, 3.63) is 81.5 Å². The molecule has 2 aliphatic heterocycles. The van der Waals surface area contributed by atoms with Crippen molar-refractivity contribution < 1.29 is 9.72 Å². The molecular formula is C22H16N6O3S. The summed E-state index contributed by atoms with van der Waals surface area (Å²) in [6.45, 7) is 2.09. The van der Waals surface area contributed by atoms with Crippen LogP contribution in [0.4, 0.5) is 5.69 Å². The van der Waals surface area contributed by atoms with Crippen LogP contribution in [0, 0.1) is 15.5 Å². The van der Waals surface area contributed by atoms with Crippen LogP contribution in [-0.2, 0) is 11.3 Å². The molecule has 1 aromatic heterocycles. The number of para-hydroxylation sites is 2. The minimum Gasteiger partial charge on any atom is -0.342 e. The molecule has 0 radical (unpaired) electrons. The fraction of sp³-hybridized carbons (Fsp3) is 0.0909. The number of hydrazone groups is 1. The van der Waals surface area contributed by atoms with Gasteiger partial charge in [0, 0.05) is 34.3 Å². The number of benzene rings is 2. The first-order valence-electron chi connectivity index (χ1n) is 9.69.